The average Bonchev–Trinajstić information content (AvgIpc) is 3.22. The van der Waals surface area contributed by atoms with Gasteiger partial charge in [-0.1, -0.05) is 12.1 Å². The lowest BCUT2D eigenvalue weighted by atomic mass is 10.0. The molecule has 2 atom stereocenters. The number of ether oxygens (including phenoxy) is 2. The van der Waals surface area contributed by atoms with E-state index < -0.39 is 11.7 Å². The minimum Gasteiger partial charge on any atom is -0.384 e. The summed E-state index contributed by atoms with van der Waals surface area (Å²) in [4.78, 5) is 9.39. The molecule has 2 heterocycles. The van der Waals surface area contributed by atoms with Crippen molar-refractivity contribution in [3.05, 3.63) is 35.4 Å². The molecule has 1 aromatic carbocycles. The van der Waals surface area contributed by atoms with Crippen LogP contribution in [-0.2, 0) is 15.7 Å². The largest absolute Gasteiger partial charge is 0.416 e. The Morgan fingerprint density at radius 1 is 1.23 bits per heavy atom. The highest BCUT2D eigenvalue weighted by atomic mass is 19.4. The van der Waals surface area contributed by atoms with Crippen molar-refractivity contribution in [2.75, 3.05) is 66.2 Å². The average molecular weight is 443 g/mol. The molecule has 0 aromatic heterocycles. The fourth-order valence-corrected chi connectivity index (χ4v) is 4.21. The van der Waals surface area contributed by atoms with Gasteiger partial charge in [-0.15, -0.1) is 0 Å². The van der Waals surface area contributed by atoms with Crippen LogP contribution in [0.2, 0.25) is 0 Å². The molecule has 0 amide bonds. The van der Waals surface area contributed by atoms with E-state index in [1.165, 1.54) is 0 Å². The standard InChI is InChI=1S/C22H33F3N4O2/c1-3-26-21(29-9-8-17(15-29)16-30-2)27-14-20(28-10-12-31-13-11-28)18-4-6-19(7-5-18)22(23,24)25/h4-7,17,20H,3,8-16H2,1-2H3,(H,26,27). The van der Waals surface area contributed by atoms with Crippen LogP contribution >= 0.6 is 0 Å². The van der Waals surface area contributed by atoms with Gasteiger partial charge in [-0.05, 0) is 31.0 Å². The first-order valence-corrected chi connectivity index (χ1v) is 10.9. The summed E-state index contributed by atoms with van der Waals surface area (Å²) in [5.41, 5.74) is 0.211. The van der Waals surface area contributed by atoms with Crippen molar-refractivity contribution in [2.24, 2.45) is 10.9 Å². The summed E-state index contributed by atoms with van der Waals surface area (Å²) in [5, 5.41) is 3.37. The molecule has 1 N–H and O–H groups in total. The van der Waals surface area contributed by atoms with Gasteiger partial charge in [0.2, 0.25) is 0 Å². The Morgan fingerprint density at radius 2 is 1.94 bits per heavy atom. The molecule has 9 heteroatoms. The third kappa shape index (κ3) is 6.57. The first kappa shape index (κ1) is 23.8. The zero-order valence-electron chi connectivity index (χ0n) is 18.3. The predicted molar refractivity (Wildman–Crippen MR) is 114 cm³/mol. The van der Waals surface area contributed by atoms with Crippen molar-refractivity contribution >= 4 is 5.96 Å². The Hall–Kier alpha value is -1.84. The van der Waals surface area contributed by atoms with Crippen LogP contribution in [0.25, 0.3) is 0 Å². The van der Waals surface area contributed by atoms with Gasteiger partial charge >= 0.3 is 6.18 Å². The zero-order valence-corrected chi connectivity index (χ0v) is 18.3. The van der Waals surface area contributed by atoms with Crippen LogP contribution in [0.1, 0.15) is 30.5 Å². The second-order valence-corrected chi connectivity index (χ2v) is 8.03. The number of hydrogen-bond acceptors (Lipinski definition) is 4. The smallest absolute Gasteiger partial charge is 0.384 e. The summed E-state index contributed by atoms with van der Waals surface area (Å²) in [6.07, 6.45) is -3.28. The van der Waals surface area contributed by atoms with Gasteiger partial charge in [0.25, 0.3) is 0 Å². The second-order valence-electron chi connectivity index (χ2n) is 8.03. The lowest BCUT2D eigenvalue weighted by molar-refractivity contribution is -0.137. The number of guanidine groups is 1. The minimum absolute atomic E-state index is 0.0998. The van der Waals surface area contributed by atoms with Crippen LogP contribution in [0.15, 0.2) is 29.3 Å². The first-order valence-electron chi connectivity index (χ1n) is 10.9. The maximum absolute atomic E-state index is 13.0. The number of aliphatic imine (C=N–C) groups is 1. The maximum Gasteiger partial charge on any atom is 0.416 e. The van der Waals surface area contributed by atoms with E-state index in [1.54, 1.807) is 19.2 Å². The molecule has 31 heavy (non-hydrogen) atoms. The molecule has 0 bridgehead atoms. The van der Waals surface area contributed by atoms with Gasteiger partial charge in [0.05, 0.1) is 38.0 Å². The maximum atomic E-state index is 13.0. The number of nitrogens with zero attached hydrogens (tertiary/aromatic N) is 3. The highest BCUT2D eigenvalue weighted by molar-refractivity contribution is 5.80. The summed E-state index contributed by atoms with van der Waals surface area (Å²) >= 11 is 0. The van der Waals surface area contributed by atoms with Crippen LogP contribution in [0.5, 0.6) is 0 Å². The normalized spacial score (nSPS) is 22.0. The van der Waals surface area contributed by atoms with Crippen molar-refractivity contribution < 1.29 is 22.6 Å². The highest BCUT2D eigenvalue weighted by Crippen LogP contribution is 2.31. The summed E-state index contributed by atoms with van der Waals surface area (Å²) < 4.78 is 49.8. The summed E-state index contributed by atoms with van der Waals surface area (Å²) in [6, 6.07) is 5.38. The molecule has 1 aromatic rings. The topological polar surface area (TPSA) is 49.3 Å². The number of halogens is 3. The van der Waals surface area contributed by atoms with E-state index in [9.17, 15) is 13.2 Å². The number of rotatable bonds is 7. The van der Waals surface area contributed by atoms with Gasteiger partial charge in [-0.2, -0.15) is 13.2 Å². The van der Waals surface area contributed by atoms with E-state index in [4.69, 9.17) is 14.5 Å². The molecular weight excluding hydrogens is 409 g/mol. The van der Waals surface area contributed by atoms with E-state index in [-0.39, 0.29) is 6.04 Å². The Labute approximate surface area is 182 Å². The van der Waals surface area contributed by atoms with Gasteiger partial charge in [0.1, 0.15) is 0 Å². The summed E-state index contributed by atoms with van der Waals surface area (Å²) in [6.45, 7) is 8.51. The molecular formula is C22H33F3N4O2. The molecule has 2 aliphatic heterocycles. The highest BCUT2D eigenvalue weighted by Gasteiger charge is 2.31. The summed E-state index contributed by atoms with van der Waals surface area (Å²) in [7, 11) is 1.72. The van der Waals surface area contributed by atoms with Crippen molar-refractivity contribution in [3.63, 3.8) is 0 Å². The number of likely N-dealkylation sites (tertiary alicyclic amines) is 1. The second kappa shape index (κ2) is 11.2. The lowest BCUT2D eigenvalue weighted by Gasteiger charge is -2.34. The fourth-order valence-electron chi connectivity index (χ4n) is 4.21. The molecule has 0 radical (unpaired) electrons. The predicted octanol–water partition coefficient (Wildman–Crippen LogP) is 3.01. The SMILES string of the molecule is CCNC(=NCC(c1ccc(C(F)(F)F)cc1)N1CCOCC1)N1CCC(COC)C1. The Morgan fingerprint density at radius 3 is 2.55 bits per heavy atom. The van der Waals surface area contributed by atoms with Gasteiger partial charge in [0, 0.05) is 45.8 Å². The number of benzene rings is 1. The van der Waals surface area contributed by atoms with Gasteiger partial charge < -0.3 is 19.7 Å². The van der Waals surface area contributed by atoms with E-state index >= 15 is 0 Å². The minimum atomic E-state index is -4.34. The quantitative estimate of drug-likeness (QED) is 0.520. The molecule has 2 aliphatic rings. The van der Waals surface area contributed by atoms with Crippen molar-refractivity contribution in [3.8, 4) is 0 Å². The lowest BCUT2D eigenvalue weighted by Crippen LogP contribution is -2.43. The molecule has 0 spiro atoms. The monoisotopic (exact) mass is 442 g/mol. The van der Waals surface area contributed by atoms with Gasteiger partial charge in [-0.3, -0.25) is 9.89 Å². The zero-order chi connectivity index (χ0) is 22.3. The van der Waals surface area contributed by atoms with E-state index in [1.807, 2.05) is 6.92 Å². The van der Waals surface area contributed by atoms with Crippen LogP contribution < -0.4 is 5.32 Å². The van der Waals surface area contributed by atoms with Gasteiger partial charge in [-0.25, -0.2) is 0 Å². The summed E-state index contributed by atoms with van der Waals surface area (Å²) in [5.74, 6) is 1.34. The van der Waals surface area contributed by atoms with E-state index in [2.05, 4.69) is 15.1 Å². The molecule has 2 saturated heterocycles. The number of morpholine rings is 1. The van der Waals surface area contributed by atoms with Crippen molar-refractivity contribution in [1.82, 2.24) is 15.1 Å². The molecule has 3 rings (SSSR count). The molecule has 2 unspecified atom stereocenters. The number of alkyl halides is 3. The van der Waals surface area contributed by atoms with Crippen LogP contribution in [0, 0.1) is 5.92 Å². The molecule has 6 nitrogen and oxygen atoms in total. The van der Waals surface area contributed by atoms with E-state index in [0.717, 1.165) is 69.4 Å². The van der Waals surface area contributed by atoms with E-state index in [0.29, 0.717) is 25.7 Å². The number of hydrogen-bond donors (Lipinski definition) is 1. The van der Waals surface area contributed by atoms with Crippen molar-refractivity contribution in [1.29, 1.82) is 0 Å². The van der Waals surface area contributed by atoms with Crippen LogP contribution in [0.4, 0.5) is 13.2 Å². The van der Waals surface area contributed by atoms with Crippen molar-refractivity contribution in [2.45, 2.75) is 25.6 Å². The molecule has 2 fully saturated rings. The molecule has 0 aliphatic carbocycles. The Balaban J connectivity index is 1.78. The Kier molecular flexibility index (Phi) is 8.57. The van der Waals surface area contributed by atoms with Crippen LogP contribution in [0.3, 0.4) is 0 Å². The third-order valence-corrected chi connectivity index (χ3v) is 5.85. The molecule has 174 valence electrons. The first-order chi connectivity index (χ1) is 14.9. The fraction of sp³-hybridized carbons (Fsp3) is 0.682. The van der Waals surface area contributed by atoms with Crippen LogP contribution in [-0.4, -0.2) is 82.0 Å². The number of nitrogens with one attached hydrogen (secondary N) is 1. The molecule has 0 saturated carbocycles. The third-order valence-electron chi connectivity index (χ3n) is 5.85. The van der Waals surface area contributed by atoms with Gasteiger partial charge in [0.15, 0.2) is 5.96 Å². The Bertz CT molecular complexity index is 706. The number of methoxy groups -OCH3 is 1.